The van der Waals surface area contributed by atoms with Crippen molar-refractivity contribution in [2.45, 2.75) is 31.0 Å². The van der Waals surface area contributed by atoms with Gasteiger partial charge >= 0.3 is 0 Å². The summed E-state index contributed by atoms with van der Waals surface area (Å²) in [5.41, 5.74) is 0.0885. The summed E-state index contributed by atoms with van der Waals surface area (Å²) in [6, 6.07) is 0. The Kier molecular flexibility index (Phi) is 3.13. The smallest absolute Gasteiger partial charge is 0.0837 e. The lowest BCUT2D eigenvalue weighted by atomic mass is 9.93. The molecule has 0 unspecified atom stereocenters. The number of hydrogen-bond donors (Lipinski definition) is 0. The van der Waals surface area contributed by atoms with Gasteiger partial charge in [0.25, 0.3) is 0 Å². The predicted octanol–water partition coefficient (Wildman–Crippen LogP) is 3.79. The van der Waals surface area contributed by atoms with E-state index in [2.05, 4.69) is 0 Å². The Morgan fingerprint density at radius 1 is 1.00 bits per heavy atom. The van der Waals surface area contributed by atoms with Gasteiger partial charge in [-0.3, -0.25) is 0 Å². The van der Waals surface area contributed by atoms with Gasteiger partial charge in [-0.1, -0.05) is 55.6 Å². The third-order valence-electron chi connectivity index (χ3n) is 0.731. The second-order valence-electron chi connectivity index (χ2n) is 3.35. The summed E-state index contributed by atoms with van der Waals surface area (Å²) in [4.78, 5) is 0. The first-order valence-electron chi connectivity index (χ1n) is 2.77. The van der Waals surface area contributed by atoms with Gasteiger partial charge in [-0.05, 0) is 11.8 Å². The zero-order valence-corrected chi connectivity index (χ0v) is 8.11. The molecule has 0 nitrogen and oxygen atoms in total. The molecule has 0 saturated carbocycles. The lowest BCUT2D eigenvalue weighted by molar-refractivity contribution is 0.383. The molecule has 0 aliphatic rings. The topological polar surface area (TPSA) is 0 Å². The molecule has 56 valence electrons. The van der Waals surface area contributed by atoms with Crippen molar-refractivity contribution in [2.75, 3.05) is 0 Å². The lowest BCUT2D eigenvalue weighted by Gasteiger charge is -2.22. The quantitative estimate of drug-likeness (QED) is 0.509. The molecule has 0 rings (SSSR count). The Balaban J connectivity index is 3.75. The van der Waals surface area contributed by atoms with Crippen molar-refractivity contribution in [3.05, 3.63) is 0 Å². The number of rotatable bonds is 0. The van der Waals surface area contributed by atoms with Crippen LogP contribution in [0.3, 0.4) is 0 Å². The SMILES string of the molecule is CC(C)(C)CC(Cl)(Cl)Cl. The van der Waals surface area contributed by atoms with Gasteiger partial charge in [0.1, 0.15) is 0 Å². The molecule has 0 atom stereocenters. The monoisotopic (exact) mass is 188 g/mol. The van der Waals surface area contributed by atoms with Crippen molar-refractivity contribution in [2.24, 2.45) is 5.41 Å². The molecule has 0 radical (unpaired) electrons. The number of alkyl halides is 3. The second kappa shape index (κ2) is 2.86. The molecule has 9 heavy (non-hydrogen) atoms. The predicted molar refractivity (Wildman–Crippen MR) is 44.4 cm³/mol. The number of hydrogen-bond acceptors (Lipinski definition) is 0. The minimum Gasteiger partial charge on any atom is -0.0837 e. The van der Waals surface area contributed by atoms with Gasteiger partial charge in [0.05, 0.1) is 0 Å². The van der Waals surface area contributed by atoms with Crippen molar-refractivity contribution in [1.82, 2.24) is 0 Å². The molecule has 0 aromatic heterocycles. The van der Waals surface area contributed by atoms with E-state index in [4.69, 9.17) is 34.8 Å². The zero-order chi connectivity index (χ0) is 7.71. The van der Waals surface area contributed by atoms with E-state index in [9.17, 15) is 0 Å². The van der Waals surface area contributed by atoms with Crippen LogP contribution in [0, 0.1) is 5.41 Å². The van der Waals surface area contributed by atoms with Crippen LogP contribution in [0.25, 0.3) is 0 Å². The zero-order valence-electron chi connectivity index (χ0n) is 5.84. The fraction of sp³-hybridized carbons (Fsp3) is 1.00. The lowest BCUT2D eigenvalue weighted by Crippen LogP contribution is -2.15. The molecule has 0 heterocycles. The molecule has 3 heteroatoms. The summed E-state index contributed by atoms with van der Waals surface area (Å²) in [5.74, 6) is 0. The standard InChI is InChI=1S/C6H11Cl3/c1-5(2,3)4-6(7,8)9/h4H2,1-3H3. The van der Waals surface area contributed by atoms with Gasteiger partial charge in [0.15, 0.2) is 3.79 Å². The molecule has 0 aromatic carbocycles. The fourth-order valence-electron chi connectivity index (χ4n) is 0.601. The van der Waals surface area contributed by atoms with Gasteiger partial charge in [-0.15, -0.1) is 0 Å². The van der Waals surface area contributed by atoms with E-state index < -0.39 is 3.79 Å². The molecule has 0 N–H and O–H groups in total. The van der Waals surface area contributed by atoms with E-state index in [0.717, 1.165) is 0 Å². The van der Waals surface area contributed by atoms with Crippen LogP contribution in [-0.2, 0) is 0 Å². The Hall–Kier alpha value is 0.870. The highest BCUT2D eigenvalue weighted by Crippen LogP contribution is 2.38. The Labute approximate surface area is 71.5 Å². The summed E-state index contributed by atoms with van der Waals surface area (Å²) < 4.78 is -1.10. The molecular weight excluding hydrogens is 178 g/mol. The van der Waals surface area contributed by atoms with E-state index in [-0.39, 0.29) is 5.41 Å². The Bertz CT molecular complexity index is 73.5. The van der Waals surface area contributed by atoms with Gasteiger partial charge in [-0.2, -0.15) is 0 Å². The van der Waals surface area contributed by atoms with Gasteiger partial charge in [0, 0.05) is 0 Å². The van der Waals surface area contributed by atoms with E-state index in [0.29, 0.717) is 6.42 Å². The van der Waals surface area contributed by atoms with Crippen molar-refractivity contribution >= 4 is 34.8 Å². The van der Waals surface area contributed by atoms with Gasteiger partial charge in [0.2, 0.25) is 0 Å². The maximum Gasteiger partial charge on any atom is 0.191 e. The van der Waals surface area contributed by atoms with E-state index in [1.165, 1.54) is 0 Å². The first-order valence-corrected chi connectivity index (χ1v) is 3.91. The van der Waals surface area contributed by atoms with Crippen LogP contribution in [-0.4, -0.2) is 3.79 Å². The summed E-state index contributed by atoms with van der Waals surface area (Å²) in [6.07, 6.45) is 0.588. The Morgan fingerprint density at radius 2 is 1.33 bits per heavy atom. The molecule has 0 spiro atoms. The van der Waals surface area contributed by atoms with Crippen LogP contribution in [0.4, 0.5) is 0 Å². The number of halogens is 3. The summed E-state index contributed by atoms with van der Waals surface area (Å²) in [5, 5.41) is 0. The molecule has 0 bridgehead atoms. The second-order valence-corrected chi connectivity index (χ2v) is 5.87. The van der Waals surface area contributed by atoms with Crippen molar-refractivity contribution in [3.63, 3.8) is 0 Å². The highest BCUT2D eigenvalue weighted by atomic mass is 35.6. The van der Waals surface area contributed by atoms with Gasteiger partial charge < -0.3 is 0 Å². The van der Waals surface area contributed by atoms with Crippen LogP contribution in [0.15, 0.2) is 0 Å². The average Bonchev–Trinajstić information content (AvgIpc) is 1.14. The minimum atomic E-state index is -1.10. The highest BCUT2D eigenvalue weighted by Gasteiger charge is 2.27. The molecule has 0 fully saturated rings. The molecule has 0 aliphatic heterocycles. The molecule has 0 saturated heterocycles. The highest BCUT2D eigenvalue weighted by molar-refractivity contribution is 6.67. The minimum absolute atomic E-state index is 0.0885. The fourth-order valence-corrected chi connectivity index (χ4v) is 1.80. The first-order chi connectivity index (χ1) is 3.71. The molecular formula is C6H11Cl3. The van der Waals surface area contributed by atoms with Crippen LogP contribution in [0.2, 0.25) is 0 Å². The normalized spacial score (nSPS) is 14.0. The Morgan fingerprint density at radius 3 is 1.33 bits per heavy atom. The summed E-state index contributed by atoms with van der Waals surface area (Å²) in [6.45, 7) is 6.11. The molecule has 0 amide bonds. The molecule has 0 aromatic rings. The third kappa shape index (κ3) is 8.87. The average molecular weight is 190 g/mol. The van der Waals surface area contributed by atoms with Crippen LogP contribution in [0.1, 0.15) is 27.2 Å². The molecule has 0 aliphatic carbocycles. The van der Waals surface area contributed by atoms with E-state index in [1.54, 1.807) is 0 Å². The van der Waals surface area contributed by atoms with Gasteiger partial charge in [-0.25, -0.2) is 0 Å². The summed E-state index contributed by atoms with van der Waals surface area (Å²) >= 11 is 16.6. The van der Waals surface area contributed by atoms with Crippen LogP contribution < -0.4 is 0 Å². The maximum atomic E-state index is 5.55. The summed E-state index contributed by atoms with van der Waals surface area (Å²) in [7, 11) is 0. The first kappa shape index (κ1) is 9.87. The largest absolute Gasteiger partial charge is 0.191 e. The van der Waals surface area contributed by atoms with Crippen molar-refractivity contribution < 1.29 is 0 Å². The van der Waals surface area contributed by atoms with E-state index >= 15 is 0 Å². The van der Waals surface area contributed by atoms with Crippen molar-refractivity contribution in [1.29, 1.82) is 0 Å². The van der Waals surface area contributed by atoms with Crippen LogP contribution >= 0.6 is 34.8 Å². The maximum absolute atomic E-state index is 5.55. The van der Waals surface area contributed by atoms with Crippen molar-refractivity contribution in [3.8, 4) is 0 Å². The van der Waals surface area contributed by atoms with Crippen LogP contribution in [0.5, 0.6) is 0 Å². The van der Waals surface area contributed by atoms with E-state index in [1.807, 2.05) is 20.8 Å². The third-order valence-corrected chi connectivity index (χ3v) is 1.13.